The molecule has 0 saturated heterocycles. The SMILES string of the molecule is Cc1cccc(CNCc2ccn(C)c2)n1. The van der Waals surface area contributed by atoms with Crippen molar-refractivity contribution >= 4 is 0 Å². The van der Waals surface area contributed by atoms with Gasteiger partial charge in [0.05, 0.1) is 5.69 Å². The van der Waals surface area contributed by atoms with Gasteiger partial charge < -0.3 is 9.88 Å². The Kier molecular flexibility index (Phi) is 3.37. The third-order valence-electron chi connectivity index (χ3n) is 2.47. The third-order valence-corrected chi connectivity index (χ3v) is 2.47. The Morgan fingerprint density at radius 2 is 2.12 bits per heavy atom. The molecule has 0 aromatic carbocycles. The molecule has 0 saturated carbocycles. The van der Waals surface area contributed by atoms with Gasteiger partial charge in [-0.25, -0.2) is 0 Å². The van der Waals surface area contributed by atoms with Crippen LogP contribution in [0.25, 0.3) is 0 Å². The Bertz CT molecular complexity index is 460. The summed E-state index contributed by atoms with van der Waals surface area (Å²) in [5.74, 6) is 0. The third kappa shape index (κ3) is 2.94. The number of nitrogens with one attached hydrogen (secondary N) is 1. The van der Waals surface area contributed by atoms with E-state index in [4.69, 9.17) is 0 Å². The summed E-state index contributed by atoms with van der Waals surface area (Å²) in [5.41, 5.74) is 3.46. The maximum Gasteiger partial charge on any atom is 0.0544 e. The molecule has 0 amide bonds. The van der Waals surface area contributed by atoms with Crippen LogP contribution in [0, 0.1) is 6.92 Å². The van der Waals surface area contributed by atoms with E-state index in [0.29, 0.717) is 0 Å². The molecule has 84 valence electrons. The van der Waals surface area contributed by atoms with E-state index in [2.05, 4.69) is 33.3 Å². The molecule has 0 spiro atoms. The van der Waals surface area contributed by atoms with Crippen LogP contribution in [0.2, 0.25) is 0 Å². The maximum absolute atomic E-state index is 4.44. The summed E-state index contributed by atoms with van der Waals surface area (Å²) in [6.45, 7) is 3.72. The molecule has 0 aliphatic carbocycles. The highest BCUT2D eigenvalue weighted by atomic mass is 14.9. The van der Waals surface area contributed by atoms with Crippen LogP contribution in [-0.2, 0) is 20.1 Å². The molecule has 0 bridgehead atoms. The Balaban J connectivity index is 1.84. The summed E-state index contributed by atoms with van der Waals surface area (Å²) >= 11 is 0. The van der Waals surface area contributed by atoms with E-state index in [1.54, 1.807) is 0 Å². The number of rotatable bonds is 4. The van der Waals surface area contributed by atoms with Crippen molar-refractivity contribution in [2.45, 2.75) is 20.0 Å². The molecule has 3 heteroatoms. The molecule has 3 nitrogen and oxygen atoms in total. The zero-order valence-corrected chi connectivity index (χ0v) is 9.77. The van der Waals surface area contributed by atoms with E-state index in [0.717, 1.165) is 24.5 Å². The monoisotopic (exact) mass is 215 g/mol. The van der Waals surface area contributed by atoms with Gasteiger partial charge in [0.15, 0.2) is 0 Å². The summed E-state index contributed by atoms with van der Waals surface area (Å²) in [7, 11) is 2.03. The van der Waals surface area contributed by atoms with E-state index in [1.165, 1.54) is 5.56 Å². The van der Waals surface area contributed by atoms with E-state index in [-0.39, 0.29) is 0 Å². The molecular formula is C13H17N3. The van der Waals surface area contributed by atoms with Crippen LogP contribution in [0.1, 0.15) is 17.0 Å². The highest BCUT2D eigenvalue weighted by Crippen LogP contribution is 2.01. The van der Waals surface area contributed by atoms with Crippen molar-refractivity contribution in [1.29, 1.82) is 0 Å². The van der Waals surface area contributed by atoms with Crippen LogP contribution in [0.3, 0.4) is 0 Å². The first-order chi connectivity index (χ1) is 7.74. The largest absolute Gasteiger partial charge is 0.357 e. The van der Waals surface area contributed by atoms with Crippen molar-refractivity contribution in [3.05, 3.63) is 53.6 Å². The van der Waals surface area contributed by atoms with Gasteiger partial charge in [-0.15, -0.1) is 0 Å². The smallest absolute Gasteiger partial charge is 0.0544 e. The molecular weight excluding hydrogens is 198 g/mol. The molecule has 0 aliphatic rings. The fourth-order valence-electron chi connectivity index (χ4n) is 1.70. The van der Waals surface area contributed by atoms with E-state index >= 15 is 0 Å². The highest BCUT2D eigenvalue weighted by molar-refractivity contribution is 5.11. The van der Waals surface area contributed by atoms with Gasteiger partial charge in [0.2, 0.25) is 0 Å². The molecule has 2 aromatic heterocycles. The number of pyridine rings is 1. The molecule has 0 unspecified atom stereocenters. The highest BCUT2D eigenvalue weighted by Gasteiger charge is 1.96. The van der Waals surface area contributed by atoms with Gasteiger partial charge in [0.1, 0.15) is 0 Å². The first kappa shape index (κ1) is 10.9. The summed E-state index contributed by atoms with van der Waals surface area (Å²) in [6.07, 6.45) is 4.18. The van der Waals surface area contributed by atoms with Gasteiger partial charge in [-0.1, -0.05) is 6.07 Å². The second kappa shape index (κ2) is 4.94. The minimum atomic E-state index is 0.816. The number of aryl methyl sites for hydroxylation is 2. The lowest BCUT2D eigenvalue weighted by atomic mass is 10.3. The summed E-state index contributed by atoms with van der Waals surface area (Å²) in [4.78, 5) is 4.44. The average molecular weight is 215 g/mol. The van der Waals surface area contributed by atoms with Crippen molar-refractivity contribution in [1.82, 2.24) is 14.9 Å². The predicted molar refractivity (Wildman–Crippen MR) is 64.9 cm³/mol. The lowest BCUT2D eigenvalue weighted by Gasteiger charge is -2.03. The van der Waals surface area contributed by atoms with Crippen molar-refractivity contribution in [3.63, 3.8) is 0 Å². The minimum absolute atomic E-state index is 0.816. The molecule has 0 fully saturated rings. The molecule has 0 atom stereocenters. The van der Waals surface area contributed by atoms with Crippen LogP contribution < -0.4 is 5.32 Å². The Morgan fingerprint density at radius 3 is 2.81 bits per heavy atom. The van der Waals surface area contributed by atoms with Gasteiger partial charge >= 0.3 is 0 Å². The van der Waals surface area contributed by atoms with Crippen molar-refractivity contribution < 1.29 is 0 Å². The van der Waals surface area contributed by atoms with Crippen LogP contribution >= 0.6 is 0 Å². The van der Waals surface area contributed by atoms with Crippen LogP contribution in [0.4, 0.5) is 0 Å². The summed E-state index contributed by atoms with van der Waals surface area (Å²) in [5, 5.41) is 3.38. The van der Waals surface area contributed by atoms with Crippen LogP contribution in [-0.4, -0.2) is 9.55 Å². The van der Waals surface area contributed by atoms with Gasteiger partial charge in [-0.3, -0.25) is 4.98 Å². The summed E-state index contributed by atoms with van der Waals surface area (Å²) in [6, 6.07) is 8.23. The lowest BCUT2D eigenvalue weighted by molar-refractivity contribution is 0.677. The molecule has 0 radical (unpaired) electrons. The van der Waals surface area contributed by atoms with Crippen molar-refractivity contribution in [2.75, 3.05) is 0 Å². The normalized spacial score (nSPS) is 10.6. The van der Waals surface area contributed by atoms with E-state index in [9.17, 15) is 0 Å². The minimum Gasteiger partial charge on any atom is -0.357 e. The van der Waals surface area contributed by atoms with Crippen molar-refractivity contribution in [3.8, 4) is 0 Å². The number of hydrogen-bond donors (Lipinski definition) is 1. The second-order valence-corrected chi connectivity index (χ2v) is 4.06. The molecule has 16 heavy (non-hydrogen) atoms. The van der Waals surface area contributed by atoms with Crippen LogP contribution in [0.15, 0.2) is 36.7 Å². The molecule has 0 aliphatic heterocycles. The zero-order valence-electron chi connectivity index (χ0n) is 9.77. The van der Waals surface area contributed by atoms with Gasteiger partial charge in [0, 0.05) is 38.2 Å². The number of nitrogens with zero attached hydrogens (tertiary/aromatic N) is 2. The maximum atomic E-state index is 4.44. The number of aromatic nitrogens is 2. The van der Waals surface area contributed by atoms with E-state index < -0.39 is 0 Å². The molecule has 2 heterocycles. The number of hydrogen-bond acceptors (Lipinski definition) is 2. The molecule has 2 aromatic rings. The second-order valence-electron chi connectivity index (χ2n) is 4.06. The Hall–Kier alpha value is -1.61. The zero-order chi connectivity index (χ0) is 11.4. The van der Waals surface area contributed by atoms with Gasteiger partial charge in [0.25, 0.3) is 0 Å². The van der Waals surface area contributed by atoms with Crippen molar-refractivity contribution in [2.24, 2.45) is 7.05 Å². The molecule has 2 rings (SSSR count). The first-order valence-corrected chi connectivity index (χ1v) is 5.48. The predicted octanol–water partition coefficient (Wildman–Crippen LogP) is 2.02. The molecule has 1 N–H and O–H groups in total. The fraction of sp³-hybridized carbons (Fsp3) is 0.308. The first-order valence-electron chi connectivity index (χ1n) is 5.48. The quantitative estimate of drug-likeness (QED) is 0.845. The Labute approximate surface area is 96.1 Å². The van der Waals surface area contributed by atoms with Gasteiger partial charge in [-0.2, -0.15) is 0 Å². The van der Waals surface area contributed by atoms with Crippen LogP contribution in [0.5, 0.6) is 0 Å². The van der Waals surface area contributed by atoms with E-state index in [1.807, 2.05) is 32.2 Å². The summed E-state index contributed by atoms with van der Waals surface area (Å²) < 4.78 is 2.06. The van der Waals surface area contributed by atoms with Gasteiger partial charge in [-0.05, 0) is 30.7 Å². The topological polar surface area (TPSA) is 29.9 Å². The standard InChI is InChI=1S/C13H17N3/c1-11-4-3-5-13(15-11)9-14-8-12-6-7-16(2)10-12/h3-7,10,14H,8-9H2,1-2H3. The fourth-order valence-corrected chi connectivity index (χ4v) is 1.70. The lowest BCUT2D eigenvalue weighted by Crippen LogP contribution is -2.13. The average Bonchev–Trinajstić information content (AvgIpc) is 2.64. The Morgan fingerprint density at radius 1 is 1.25 bits per heavy atom.